The van der Waals surface area contributed by atoms with E-state index < -0.39 is 17.7 Å². The SMILES string of the molecule is CCOc1ccc(C2/C(=C(\O)c3ccc(OC)c(Cl)c3)C(=O)C(=O)N2CCCn2ccnc2)cc1. The molecule has 1 aliphatic rings. The predicted molar refractivity (Wildman–Crippen MR) is 131 cm³/mol. The molecule has 1 fully saturated rings. The van der Waals surface area contributed by atoms with Crippen molar-refractivity contribution in [3.8, 4) is 11.5 Å². The summed E-state index contributed by atoms with van der Waals surface area (Å²) in [7, 11) is 1.49. The lowest BCUT2D eigenvalue weighted by Gasteiger charge is -2.25. The molecule has 0 aliphatic carbocycles. The number of Topliss-reactive ketones (excluding diaryl/α,β-unsaturated/α-hetero) is 1. The minimum absolute atomic E-state index is 0.0167. The number of methoxy groups -OCH3 is 1. The van der Waals surface area contributed by atoms with Crippen LogP contribution in [0.25, 0.3) is 5.76 Å². The van der Waals surface area contributed by atoms with Gasteiger partial charge in [0.05, 0.1) is 36.7 Å². The predicted octanol–water partition coefficient (Wildman–Crippen LogP) is 4.46. The fourth-order valence-corrected chi connectivity index (χ4v) is 4.44. The van der Waals surface area contributed by atoms with Crippen LogP contribution in [0.2, 0.25) is 5.02 Å². The average Bonchev–Trinajstić information content (AvgIpc) is 3.46. The van der Waals surface area contributed by atoms with Gasteiger partial charge in [0.1, 0.15) is 17.3 Å². The second kappa shape index (κ2) is 10.7. The summed E-state index contributed by atoms with van der Waals surface area (Å²) in [5.41, 5.74) is 1.03. The first-order chi connectivity index (χ1) is 16.9. The van der Waals surface area contributed by atoms with Crippen molar-refractivity contribution in [1.29, 1.82) is 0 Å². The number of halogens is 1. The molecule has 1 saturated heterocycles. The van der Waals surface area contributed by atoms with Crippen molar-refractivity contribution in [1.82, 2.24) is 14.5 Å². The first-order valence-corrected chi connectivity index (χ1v) is 11.6. The minimum atomic E-state index is -0.755. The molecule has 1 amide bonds. The number of amides is 1. The number of carbonyl (C=O) groups excluding carboxylic acids is 2. The molecular weight excluding hydrogens is 470 g/mol. The molecule has 0 saturated carbocycles. The summed E-state index contributed by atoms with van der Waals surface area (Å²) in [6.07, 6.45) is 5.83. The molecule has 9 heteroatoms. The zero-order valence-electron chi connectivity index (χ0n) is 19.5. The van der Waals surface area contributed by atoms with Crippen molar-refractivity contribution < 1.29 is 24.2 Å². The standard InChI is InChI=1S/C26H26ClN3O5/c1-3-35-19-8-5-17(6-9-19)23-22(24(31)18-7-10-21(34-2)20(27)15-18)25(32)26(33)30(23)13-4-12-29-14-11-28-16-29/h5-11,14-16,23,31H,3-4,12-13H2,1-2H3/b24-22+. The maximum absolute atomic E-state index is 13.2. The van der Waals surface area contributed by atoms with Crippen LogP contribution in [-0.2, 0) is 16.1 Å². The van der Waals surface area contributed by atoms with E-state index in [1.807, 2.05) is 17.7 Å². The van der Waals surface area contributed by atoms with Gasteiger partial charge in [-0.3, -0.25) is 9.59 Å². The fraction of sp³-hybridized carbons (Fsp3) is 0.269. The maximum Gasteiger partial charge on any atom is 0.295 e. The number of ether oxygens (including phenoxy) is 2. The van der Waals surface area contributed by atoms with Crippen molar-refractivity contribution in [2.45, 2.75) is 25.9 Å². The van der Waals surface area contributed by atoms with E-state index >= 15 is 0 Å². The van der Waals surface area contributed by atoms with Gasteiger partial charge in [0.25, 0.3) is 11.7 Å². The van der Waals surface area contributed by atoms with E-state index in [0.29, 0.717) is 48.7 Å². The Morgan fingerprint density at radius 2 is 1.91 bits per heavy atom. The number of aliphatic hydroxyl groups is 1. The molecule has 2 aromatic carbocycles. The number of imidazole rings is 1. The van der Waals surface area contributed by atoms with Gasteiger partial charge in [0.15, 0.2) is 0 Å². The number of aromatic nitrogens is 2. The Morgan fingerprint density at radius 3 is 2.54 bits per heavy atom. The molecule has 4 rings (SSSR count). The Morgan fingerprint density at radius 1 is 1.14 bits per heavy atom. The summed E-state index contributed by atoms with van der Waals surface area (Å²) in [6, 6.07) is 11.1. The number of hydrogen-bond acceptors (Lipinski definition) is 6. The number of aliphatic hydroxyl groups excluding tert-OH is 1. The van der Waals surface area contributed by atoms with Gasteiger partial charge in [0.2, 0.25) is 0 Å². The molecule has 0 spiro atoms. The first-order valence-electron chi connectivity index (χ1n) is 11.3. The van der Waals surface area contributed by atoms with Gasteiger partial charge in [-0.25, -0.2) is 4.98 Å². The topological polar surface area (TPSA) is 93.9 Å². The third kappa shape index (κ3) is 5.02. The normalized spacial score (nSPS) is 17.1. The van der Waals surface area contributed by atoms with E-state index in [9.17, 15) is 14.7 Å². The molecule has 8 nitrogen and oxygen atoms in total. The highest BCUT2D eigenvalue weighted by atomic mass is 35.5. The molecule has 1 atom stereocenters. The zero-order valence-corrected chi connectivity index (χ0v) is 20.2. The third-order valence-electron chi connectivity index (χ3n) is 5.85. The number of rotatable bonds is 9. The number of ketones is 1. The lowest BCUT2D eigenvalue weighted by molar-refractivity contribution is -0.139. The molecule has 1 aliphatic heterocycles. The highest BCUT2D eigenvalue weighted by molar-refractivity contribution is 6.46. The molecule has 35 heavy (non-hydrogen) atoms. The van der Waals surface area contributed by atoms with Gasteiger partial charge in [-0.15, -0.1) is 0 Å². The van der Waals surface area contributed by atoms with Crippen LogP contribution in [0.3, 0.4) is 0 Å². The zero-order chi connectivity index (χ0) is 24.9. The molecule has 1 N–H and O–H groups in total. The molecule has 182 valence electrons. The van der Waals surface area contributed by atoms with Crippen LogP contribution in [0.15, 0.2) is 66.8 Å². The second-order valence-electron chi connectivity index (χ2n) is 8.00. The van der Waals surface area contributed by atoms with E-state index in [1.165, 1.54) is 18.1 Å². The van der Waals surface area contributed by atoms with Gasteiger partial charge >= 0.3 is 0 Å². The molecule has 0 radical (unpaired) electrons. The highest BCUT2D eigenvalue weighted by Gasteiger charge is 2.45. The Labute approximate surface area is 208 Å². The number of aryl methyl sites for hydroxylation is 1. The number of likely N-dealkylation sites (tertiary alicyclic amines) is 1. The maximum atomic E-state index is 13.2. The molecule has 1 unspecified atom stereocenters. The number of hydrogen-bond donors (Lipinski definition) is 1. The minimum Gasteiger partial charge on any atom is -0.507 e. The van der Waals surface area contributed by atoms with Gasteiger partial charge in [-0.1, -0.05) is 23.7 Å². The van der Waals surface area contributed by atoms with Crippen molar-refractivity contribution in [2.75, 3.05) is 20.3 Å². The van der Waals surface area contributed by atoms with E-state index in [0.717, 1.165) is 0 Å². The molecule has 1 aromatic heterocycles. The van der Waals surface area contributed by atoms with E-state index in [1.54, 1.807) is 48.9 Å². The van der Waals surface area contributed by atoms with Gasteiger partial charge < -0.3 is 24.0 Å². The lowest BCUT2D eigenvalue weighted by Crippen LogP contribution is -2.31. The van der Waals surface area contributed by atoms with Gasteiger partial charge in [-0.05, 0) is 49.2 Å². The largest absolute Gasteiger partial charge is 0.507 e. The summed E-state index contributed by atoms with van der Waals surface area (Å²) in [4.78, 5) is 31.8. The van der Waals surface area contributed by atoms with Crippen molar-refractivity contribution in [3.05, 3.63) is 82.9 Å². The van der Waals surface area contributed by atoms with Gasteiger partial charge in [-0.2, -0.15) is 0 Å². The summed E-state index contributed by atoms with van der Waals surface area (Å²) >= 11 is 6.25. The Kier molecular flexibility index (Phi) is 7.41. The van der Waals surface area contributed by atoms with E-state index in [-0.39, 0.29) is 16.4 Å². The number of carbonyl (C=O) groups is 2. The van der Waals surface area contributed by atoms with Gasteiger partial charge in [0, 0.05) is 31.0 Å². The quantitative estimate of drug-likeness (QED) is 0.268. The van der Waals surface area contributed by atoms with Crippen LogP contribution in [0.1, 0.15) is 30.5 Å². The fourth-order valence-electron chi connectivity index (χ4n) is 4.18. The second-order valence-corrected chi connectivity index (χ2v) is 8.41. The monoisotopic (exact) mass is 495 g/mol. The summed E-state index contributed by atoms with van der Waals surface area (Å²) < 4.78 is 12.6. The smallest absolute Gasteiger partial charge is 0.295 e. The number of nitrogens with zero attached hydrogens (tertiary/aromatic N) is 3. The molecule has 0 bridgehead atoms. The van der Waals surface area contributed by atoms with Crippen molar-refractivity contribution >= 4 is 29.1 Å². The number of benzene rings is 2. The van der Waals surface area contributed by atoms with E-state index in [4.69, 9.17) is 21.1 Å². The Balaban J connectivity index is 1.73. The van der Waals surface area contributed by atoms with Crippen LogP contribution in [0.4, 0.5) is 0 Å². The molecule has 3 aromatic rings. The van der Waals surface area contributed by atoms with E-state index in [2.05, 4.69) is 4.98 Å². The van der Waals surface area contributed by atoms with Crippen LogP contribution >= 0.6 is 11.6 Å². The Hall–Kier alpha value is -3.78. The Bertz CT molecular complexity index is 1240. The third-order valence-corrected chi connectivity index (χ3v) is 6.14. The van der Waals surface area contributed by atoms with Crippen LogP contribution in [0, 0.1) is 0 Å². The summed E-state index contributed by atoms with van der Waals surface area (Å²) in [5.74, 6) is -0.572. The van der Waals surface area contributed by atoms with Crippen molar-refractivity contribution in [3.63, 3.8) is 0 Å². The summed E-state index contributed by atoms with van der Waals surface area (Å²) in [5, 5.41) is 11.5. The molecule has 2 heterocycles. The van der Waals surface area contributed by atoms with Crippen LogP contribution in [-0.4, -0.2) is 51.5 Å². The highest BCUT2D eigenvalue weighted by Crippen LogP contribution is 2.40. The van der Waals surface area contributed by atoms with Crippen molar-refractivity contribution in [2.24, 2.45) is 0 Å². The molecular formula is C26H26ClN3O5. The lowest BCUT2D eigenvalue weighted by atomic mass is 9.95. The van der Waals surface area contributed by atoms with Crippen LogP contribution in [0.5, 0.6) is 11.5 Å². The van der Waals surface area contributed by atoms with Crippen LogP contribution < -0.4 is 9.47 Å². The first kappa shape index (κ1) is 24.3. The average molecular weight is 496 g/mol. The summed E-state index contributed by atoms with van der Waals surface area (Å²) in [6.45, 7) is 3.36.